The fraction of sp³-hybridized carbons (Fsp3) is 0.385. The van der Waals surface area contributed by atoms with E-state index < -0.39 is 0 Å². The van der Waals surface area contributed by atoms with E-state index in [0.717, 1.165) is 12.2 Å². The van der Waals surface area contributed by atoms with Crippen LogP contribution in [0, 0.1) is 11.3 Å². The predicted molar refractivity (Wildman–Crippen MR) is 83.5 cm³/mol. The summed E-state index contributed by atoms with van der Waals surface area (Å²) in [5, 5.41) is 13.0. The van der Waals surface area contributed by atoms with Gasteiger partial charge in [-0.3, -0.25) is 10.7 Å². The molecule has 0 aromatic heterocycles. The van der Waals surface area contributed by atoms with E-state index in [4.69, 9.17) is 11.1 Å². The highest BCUT2D eigenvalue weighted by Gasteiger charge is 2.26. The lowest BCUT2D eigenvalue weighted by Gasteiger charge is -2.25. The number of hydrogen-bond donors (Lipinski definition) is 4. The van der Waals surface area contributed by atoms with Crippen LogP contribution in [0.1, 0.15) is 12.8 Å². The lowest BCUT2D eigenvalue weighted by atomic mass is 10.2. The van der Waals surface area contributed by atoms with E-state index in [1.165, 1.54) is 19.9 Å². The quantitative estimate of drug-likeness (QED) is 0.389. The average Bonchev–Trinajstić information content (AvgIpc) is 3.21. The van der Waals surface area contributed by atoms with Crippen LogP contribution in [0.25, 0.3) is 0 Å². The molecule has 1 aromatic rings. The molecule has 0 heterocycles. The largest absolute Gasteiger partial charge is 0.399 e. The molecule has 0 saturated heterocycles. The molecule has 0 radical (unpaired) electrons. The molecule has 1 saturated carbocycles. The van der Waals surface area contributed by atoms with E-state index in [2.05, 4.69) is 10.6 Å². The molecule has 1 aliphatic rings. The van der Waals surface area contributed by atoms with Gasteiger partial charge in [-0.05, 0) is 43.0 Å². The first-order valence-electron chi connectivity index (χ1n) is 6.30. The number of nitrogens with one attached hydrogen (secondary N) is 3. The van der Waals surface area contributed by atoms with Crippen molar-refractivity contribution < 1.29 is 4.79 Å². The summed E-state index contributed by atoms with van der Waals surface area (Å²) >= 11 is 0. The van der Waals surface area contributed by atoms with Crippen molar-refractivity contribution in [2.75, 3.05) is 24.2 Å². The van der Waals surface area contributed by atoms with Gasteiger partial charge in [0.05, 0.1) is 0 Å². The lowest BCUT2D eigenvalue weighted by Crippen LogP contribution is -2.47. The number of carbonyl (C=O) groups excluding carboxylic acids is 1. The van der Waals surface area contributed by atoms with Gasteiger partial charge in [0.15, 0.2) is 0 Å². The van der Waals surface area contributed by atoms with Crippen molar-refractivity contribution in [3.8, 4) is 0 Å². The number of carbonyl (C=O) groups is 1. The molecule has 7 heteroatoms. The molecule has 20 heavy (non-hydrogen) atoms. The number of anilines is 2. The molecule has 5 N–H and O–H groups in total. The first-order chi connectivity index (χ1) is 9.10. The highest BCUT2D eigenvalue weighted by molar-refractivity contribution is 6.03. The van der Waals surface area contributed by atoms with Crippen LogP contribution in [-0.4, -0.2) is 25.6 Å². The number of nitrogens with two attached hydrogens (primary N) is 1. The average molecular weight is 298 g/mol. The van der Waals surface area contributed by atoms with Gasteiger partial charge < -0.3 is 16.0 Å². The van der Waals surface area contributed by atoms with Crippen molar-refractivity contribution in [2.45, 2.75) is 12.8 Å². The van der Waals surface area contributed by atoms with Crippen LogP contribution in [0.15, 0.2) is 24.3 Å². The molecule has 2 rings (SSSR count). The summed E-state index contributed by atoms with van der Waals surface area (Å²) in [6.07, 6.45) is 2.36. The summed E-state index contributed by atoms with van der Waals surface area (Å²) in [4.78, 5) is 13.1. The zero-order valence-corrected chi connectivity index (χ0v) is 12.2. The second kappa shape index (κ2) is 7.00. The van der Waals surface area contributed by atoms with Crippen LogP contribution >= 0.6 is 12.4 Å². The topological polar surface area (TPSA) is 94.2 Å². The summed E-state index contributed by atoms with van der Waals surface area (Å²) in [5.74, 6) is 0.681. The van der Waals surface area contributed by atoms with Gasteiger partial charge in [-0.25, -0.2) is 4.79 Å². The third-order valence-corrected chi connectivity index (χ3v) is 3.07. The molecule has 0 bridgehead atoms. The molecular formula is C13H20ClN5O. The monoisotopic (exact) mass is 297 g/mol. The SMILES string of the molecule is CNC(=O)NC(=N)N(CC1CC1)c1ccc(N)cc1.Cl. The Morgan fingerprint density at radius 3 is 2.50 bits per heavy atom. The van der Waals surface area contributed by atoms with Gasteiger partial charge in [0.1, 0.15) is 0 Å². The number of rotatable bonds is 3. The van der Waals surface area contributed by atoms with Gasteiger partial charge in [-0.1, -0.05) is 0 Å². The molecule has 1 aliphatic carbocycles. The number of nitrogens with zero attached hydrogens (tertiary/aromatic N) is 1. The Labute approximate surface area is 124 Å². The van der Waals surface area contributed by atoms with Gasteiger partial charge in [0.2, 0.25) is 5.96 Å². The molecule has 0 unspecified atom stereocenters. The van der Waals surface area contributed by atoms with Crippen molar-refractivity contribution in [1.29, 1.82) is 5.41 Å². The van der Waals surface area contributed by atoms with Gasteiger partial charge in [0, 0.05) is 25.0 Å². The highest BCUT2D eigenvalue weighted by Crippen LogP contribution is 2.31. The normalized spacial score (nSPS) is 13.1. The van der Waals surface area contributed by atoms with Crippen LogP contribution in [0.5, 0.6) is 0 Å². The van der Waals surface area contributed by atoms with Gasteiger partial charge >= 0.3 is 6.03 Å². The fourth-order valence-electron chi connectivity index (χ4n) is 1.78. The summed E-state index contributed by atoms with van der Waals surface area (Å²) in [5.41, 5.74) is 7.21. The van der Waals surface area contributed by atoms with Crippen LogP contribution in [0.4, 0.5) is 16.2 Å². The number of halogens is 1. The third kappa shape index (κ3) is 4.31. The maximum Gasteiger partial charge on any atom is 0.321 e. The van der Waals surface area contributed by atoms with Crippen molar-refractivity contribution in [1.82, 2.24) is 10.6 Å². The minimum absolute atomic E-state index is 0. The molecule has 1 fully saturated rings. The second-order valence-corrected chi connectivity index (χ2v) is 4.70. The fourth-order valence-corrected chi connectivity index (χ4v) is 1.78. The maximum absolute atomic E-state index is 11.3. The Bertz CT molecular complexity index is 472. The molecule has 1 aromatic carbocycles. The summed E-state index contributed by atoms with van der Waals surface area (Å²) < 4.78 is 0. The van der Waals surface area contributed by atoms with Crippen LogP contribution < -0.4 is 21.3 Å². The number of nitrogen functional groups attached to an aromatic ring is 1. The molecule has 110 valence electrons. The van der Waals surface area contributed by atoms with Gasteiger partial charge in [-0.15, -0.1) is 12.4 Å². The molecule has 0 atom stereocenters. The van der Waals surface area contributed by atoms with Gasteiger partial charge in [-0.2, -0.15) is 0 Å². The van der Waals surface area contributed by atoms with Crippen LogP contribution in [-0.2, 0) is 0 Å². The van der Waals surface area contributed by atoms with E-state index in [1.54, 1.807) is 17.0 Å². The van der Waals surface area contributed by atoms with Gasteiger partial charge in [0.25, 0.3) is 0 Å². The van der Waals surface area contributed by atoms with E-state index >= 15 is 0 Å². The summed E-state index contributed by atoms with van der Waals surface area (Å²) in [6, 6.07) is 6.92. The predicted octanol–water partition coefficient (Wildman–Crippen LogP) is 1.77. The van der Waals surface area contributed by atoms with Crippen molar-refractivity contribution in [3.63, 3.8) is 0 Å². The van der Waals surface area contributed by atoms with Crippen molar-refractivity contribution in [2.24, 2.45) is 5.92 Å². The zero-order chi connectivity index (χ0) is 13.8. The molecule has 6 nitrogen and oxygen atoms in total. The van der Waals surface area contributed by atoms with Crippen molar-refractivity contribution >= 4 is 35.8 Å². The van der Waals surface area contributed by atoms with E-state index in [0.29, 0.717) is 11.6 Å². The molecule has 0 spiro atoms. The highest BCUT2D eigenvalue weighted by atomic mass is 35.5. The van der Waals surface area contributed by atoms with E-state index in [-0.39, 0.29) is 24.4 Å². The number of amides is 2. The van der Waals surface area contributed by atoms with E-state index in [1.807, 2.05) is 12.1 Å². The molecule has 0 aliphatic heterocycles. The lowest BCUT2D eigenvalue weighted by molar-refractivity contribution is 0.247. The second-order valence-electron chi connectivity index (χ2n) is 4.70. The van der Waals surface area contributed by atoms with Crippen LogP contribution in [0.2, 0.25) is 0 Å². The minimum Gasteiger partial charge on any atom is -0.399 e. The minimum atomic E-state index is -0.388. The third-order valence-electron chi connectivity index (χ3n) is 3.07. The zero-order valence-electron chi connectivity index (χ0n) is 11.3. The summed E-state index contributed by atoms with van der Waals surface area (Å²) in [6.45, 7) is 0.743. The number of benzene rings is 1. The van der Waals surface area contributed by atoms with E-state index in [9.17, 15) is 4.79 Å². The standard InChI is InChI=1S/C13H19N5O.ClH/c1-16-13(19)17-12(15)18(8-9-2-3-9)11-6-4-10(14)5-7-11;/h4-7,9H,2-3,8,14H2,1H3,(H3,15,16,17,19);1H. The molecule has 2 amide bonds. The Morgan fingerprint density at radius 2 is 2.00 bits per heavy atom. The first kappa shape index (κ1) is 16.1. The number of guanidine groups is 1. The Balaban J connectivity index is 0.00000200. The summed E-state index contributed by atoms with van der Waals surface area (Å²) in [7, 11) is 1.52. The first-order valence-corrected chi connectivity index (χ1v) is 6.30. The smallest absolute Gasteiger partial charge is 0.321 e. The molecular weight excluding hydrogens is 278 g/mol. The van der Waals surface area contributed by atoms with Crippen LogP contribution in [0.3, 0.4) is 0 Å². The van der Waals surface area contributed by atoms with Crippen molar-refractivity contribution in [3.05, 3.63) is 24.3 Å². The Kier molecular flexibility index (Phi) is 5.64. The number of hydrogen-bond acceptors (Lipinski definition) is 3. The Morgan fingerprint density at radius 1 is 1.40 bits per heavy atom. The number of urea groups is 1. The maximum atomic E-state index is 11.3. The Hall–Kier alpha value is -1.95.